The number of hydrogen-bond donors (Lipinski definition) is 3. The van der Waals surface area contributed by atoms with E-state index in [1.165, 1.54) is 0 Å². The van der Waals surface area contributed by atoms with Crippen molar-refractivity contribution in [2.24, 2.45) is 0 Å². The van der Waals surface area contributed by atoms with Gasteiger partial charge in [0.25, 0.3) is 0 Å². The molecule has 0 aromatic carbocycles. The molecule has 0 aromatic heterocycles. The van der Waals surface area contributed by atoms with Crippen LogP contribution in [0.1, 0.15) is 0 Å². The molecular weight excluding hydrogens is 213 g/mol. The Morgan fingerprint density at radius 1 is 1.18 bits per heavy atom. The van der Waals surface area contributed by atoms with Gasteiger partial charge in [0, 0.05) is 5.79 Å². The second-order valence-corrected chi connectivity index (χ2v) is 5.58. The molecule has 56 valence electrons. The maximum Gasteiger partial charge on any atom is 1.00 e. The smallest absolute Gasteiger partial charge is 0.811 e. The van der Waals surface area contributed by atoms with Crippen molar-refractivity contribution >= 4 is 16.4 Å². The Morgan fingerprint density at radius 3 is 1.45 bits per heavy atom. The van der Waals surface area contributed by atoms with E-state index in [9.17, 15) is 14.4 Å². The van der Waals surface area contributed by atoms with Gasteiger partial charge in [0.05, 0.1) is 0 Å². The van der Waals surface area contributed by atoms with Crippen molar-refractivity contribution in [2.75, 3.05) is 5.79 Å². The van der Waals surface area contributed by atoms with E-state index in [1.54, 1.807) is 0 Å². The fourth-order valence-corrected chi connectivity index (χ4v) is 2.34. The topological polar surface area (TPSA) is 124 Å². The van der Waals surface area contributed by atoms with Gasteiger partial charge in [-0.25, -0.2) is 0 Å². The van der Waals surface area contributed by atoms with Crippen molar-refractivity contribution < 1.29 is 87.9 Å². The Bertz CT molecular complexity index is 138. The molecule has 0 aliphatic carbocycles. The zero-order chi connectivity index (χ0) is 7.71. The van der Waals surface area contributed by atoms with Crippen molar-refractivity contribution in [1.29, 1.82) is 0 Å². The molecule has 0 radical (unpaired) electrons. The van der Waals surface area contributed by atoms with E-state index in [2.05, 4.69) is 0 Å². The Balaban J connectivity index is -0.000000320. The van der Waals surface area contributed by atoms with Crippen molar-refractivity contribution in [3.05, 3.63) is 0 Å². The first-order valence-electron chi connectivity index (χ1n) is 1.89. The molecule has 3 N–H and O–H groups in total. The summed E-state index contributed by atoms with van der Waals surface area (Å²) in [5, 5.41) is 0. The second-order valence-electron chi connectivity index (χ2n) is 1.54. The molecule has 0 aliphatic rings. The zero-order valence-electron chi connectivity index (χ0n) is 6.22. The number of hydrogen-bond acceptors (Lipinski definition) is 6. The predicted molar refractivity (Wildman–Crippen MR) is 24.9 cm³/mol. The van der Waals surface area contributed by atoms with E-state index in [4.69, 9.17) is 14.4 Å². The van der Waals surface area contributed by atoms with Gasteiger partial charge < -0.3 is 28.7 Å². The van der Waals surface area contributed by atoms with Crippen molar-refractivity contribution in [3.63, 3.8) is 0 Å². The minimum Gasteiger partial charge on any atom is -0.811 e. The van der Waals surface area contributed by atoms with Crippen LogP contribution in [0.2, 0.25) is 0 Å². The van der Waals surface area contributed by atoms with Crippen LogP contribution in [0.15, 0.2) is 0 Å². The third kappa shape index (κ3) is 18.9. The largest absolute Gasteiger partial charge is 1.00 e. The van der Waals surface area contributed by atoms with E-state index < -0.39 is 22.2 Å². The molecule has 0 fully saturated rings. The quantitative estimate of drug-likeness (QED) is 0.312. The summed E-state index contributed by atoms with van der Waals surface area (Å²) in [7, 11) is -9.66. The van der Waals surface area contributed by atoms with Gasteiger partial charge in [-0.05, 0) is 0 Å². The van der Waals surface area contributed by atoms with Gasteiger partial charge in [-0.2, -0.15) is 0 Å². The Kier molecular flexibility index (Phi) is 11.5. The molecule has 0 unspecified atom stereocenters. The van der Waals surface area contributed by atoms with Crippen LogP contribution in [0.4, 0.5) is 0 Å². The van der Waals surface area contributed by atoms with Gasteiger partial charge in [-0.3, -0.25) is 0 Å². The monoisotopic (exact) mass is 218 g/mol. The number of rotatable bonds is 2. The minimum absolute atomic E-state index is 0. The Labute approximate surface area is 109 Å². The molecule has 0 aromatic rings. The fraction of sp³-hybridized carbons (Fsp3) is 1.00. The summed E-state index contributed by atoms with van der Waals surface area (Å²) in [6, 6.07) is 0. The van der Waals surface area contributed by atoms with Gasteiger partial charge in [0.2, 0.25) is 0 Å². The molecular formula is CH5Na2O6PSi. The second kappa shape index (κ2) is 6.66. The van der Waals surface area contributed by atoms with Gasteiger partial charge >= 0.3 is 67.9 Å². The molecule has 0 amide bonds. The zero-order valence-corrected chi connectivity index (χ0v) is 12.1. The Morgan fingerprint density at radius 2 is 1.45 bits per heavy atom. The summed E-state index contributed by atoms with van der Waals surface area (Å²) in [5.74, 6) is -1.46. The molecule has 0 rings (SSSR count). The molecule has 0 saturated carbocycles. The molecule has 10 heteroatoms. The SMILES string of the molecule is O=P([O-])([O-])C[Si](O)(O)O.[Na+].[Na+]. The van der Waals surface area contributed by atoms with Crippen LogP contribution in [-0.2, 0) is 4.57 Å². The van der Waals surface area contributed by atoms with Gasteiger partial charge in [0.1, 0.15) is 0 Å². The third-order valence-corrected chi connectivity index (χ3v) is 3.65. The van der Waals surface area contributed by atoms with Crippen LogP contribution in [-0.4, -0.2) is 29.0 Å². The predicted octanol–water partition coefficient (Wildman–Crippen LogP) is -9.64. The molecule has 0 atom stereocenters. The summed E-state index contributed by atoms with van der Waals surface area (Å²) < 4.78 is 9.67. The van der Waals surface area contributed by atoms with E-state index >= 15 is 0 Å². The van der Waals surface area contributed by atoms with Crippen molar-refractivity contribution in [2.45, 2.75) is 0 Å². The van der Waals surface area contributed by atoms with Crippen molar-refractivity contribution in [3.8, 4) is 0 Å². The van der Waals surface area contributed by atoms with E-state index in [0.717, 1.165) is 0 Å². The molecule has 0 saturated heterocycles. The average molecular weight is 218 g/mol. The maximum absolute atomic E-state index is 9.67. The molecule has 0 spiro atoms. The molecule has 0 bridgehead atoms. The van der Waals surface area contributed by atoms with Crippen LogP contribution >= 0.6 is 7.60 Å². The molecule has 0 aliphatic heterocycles. The summed E-state index contributed by atoms with van der Waals surface area (Å²) in [6.45, 7) is 0. The molecule has 6 nitrogen and oxygen atoms in total. The Hall–Kier alpha value is 2.25. The molecule has 11 heavy (non-hydrogen) atoms. The summed E-state index contributed by atoms with van der Waals surface area (Å²) in [4.78, 5) is 43.4. The maximum atomic E-state index is 9.67. The first-order valence-corrected chi connectivity index (χ1v) is 5.66. The summed E-state index contributed by atoms with van der Waals surface area (Å²) >= 11 is 0. The minimum atomic E-state index is -4.98. The standard InChI is InChI=1S/CH7O6PSi.2Na/c2-8(3,4)1-9(5,6)7;;/h5-7H,1H2,(H2,2,3,4);;/q;2*+1/p-2. The summed E-state index contributed by atoms with van der Waals surface area (Å²) in [6.07, 6.45) is 0. The fourth-order valence-electron chi connectivity index (χ4n) is 0.260. The first-order chi connectivity index (χ1) is 3.71. The van der Waals surface area contributed by atoms with E-state index in [-0.39, 0.29) is 59.1 Å². The van der Waals surface area contributed by atoms with E-state index in [0.29, 0.717) is 0 Å². The van der Waals surface area contributed by atoms with Gasteiger partial charge in [-0.15, -0.1) is 0 Å². The average Bonchev–Trinajstić information content (AvgIpc) is 1.14. The van der Waals surface area contributed by atoms with Crippen molar-refractivity contribution in [1.82, 2.24) is 0 Å². The van der Waals surface area contributed by atoms with Crippen LogP contribution in [0.5, 0.6) is 0 Å². The van der Waals surface area contributed by atoms with Crippen LogP contribution < -0.4 is 68.9 Å². The van der Waals surface area contributed by atoms with E-state index in [1.807, 2.05) is 0 Å². The first kappa shape index (κ1) is 18.9. The van der Waals surface area contributed by atoms with Gasteiger partial charge in [-0.1, -0.05) is 7.60 Å². The van der Waals surface area contributed by atoms with Gasteiger partial charge in [0.15, 0.2) is 0 Å². The normalized spacial score (nSPS) is 11.4. The van der Waals surface area contributed by atoms with Crippen LogP contribution in [0.3, 0.4) is 0 Å². The van der Waals surface area contributed by atoms with Crippen LogP contribution in [0, 0.1) is 0 Å². The molecule has 0 heterocycles. The third-order valence-electron chi connectivity index (χ3n) is 0.406. The van der Waals surface area contributed by atoms with Crippen LogP contribution in [0.25, 0.3) is 0 Å². The summed E-state index contributed by atoms with van der Waals surface area (Å²) in [5.41, 5.74) is 0.